The highest BCUT2D eigenvalue weighted by molar-refractivity contribution is 7.09. The molecule has 1 aliphatic rings. The molecule has 0 fully saturated rings. The number of ether oxygens (including phenoxy) is 2. The molecule has 0 unspecified atom stereocenters. The van der Waals surface area contributed by atoms with Crippen molar-refractivity contribution in [3.05, 3.63) is 64.7 Å². The highest BCUT2D eigenvalue weighted by Crippen LogP contribution is 2.31. The average molecular weight is 1230 g/mol. The number of likely N-dealkylation sites (N-methyl/N-ethyl adjacent to an activating group) is 1. The lowest BCUT2D eigenvalue weighted by molar-refractivity contribution is -0.140. The molecule has 0 spiro atoms. The zero-order chi connectivity index (χ0) is 65.7. The van der Waals surface area contributed by atoms with Gasteiger partial charge in [-0.15, -0.1) is 24.3 Å². The second-order valence-electron chi connectivity index (χ2n) is 24.4. The Hall–Kier alpha value is -7.66. The molecule has 25 heteroatoms. The van der Waals surface area contributed by atoms with Gasteiger partial charge >= 0.3 is 5.97 Å². The third kappa shape index (κ3) is 22.9. The fourth-order valence-corrected chi connectivity index (χ4v) is 9.86. The van der Waals surface area contributed by atoms with Crippen molar-refractivity contribution in [3.63, 3.8) is 0 Å². The summed E-state index contributed by atoms with van der Waals surface area (Å²) >= 11 is 1.15. The van der Waals surface area contributed by atoms with Crippen LogP contribution in [0.15, 0.2) is 53.4 Å². The van der Waals surface area contributed by atoms with E-state index in [0.29, 0.717) is 30.0 Å². The van der Waals surface area contributed by atoms with E-state index in [1.54, 1.807) is 39.9 Å². The molecule has 3 rings (SSSR count). The standard InChI is InChI=1S/C62H90N10O14S/c1-17-40(18-2)53(69-59(84)62(11,12)70(13)14)57(81)71(15)45(37(4)5)30-47(85-16)56-68-44(33-87-56)55(80)66-42(29-41(19-3)58(82)83)27-39-22-23-46(73)43(28-39)67-54(79)38(6)65-50(76)32-63-49(75)31-60(7,8)35-86-36-61(9,10)34-64-48(74)21-20-26-72-51(77)24-25-52(72)78/h1,19,22-25,28,33,37-38,40-42,45,47,73H,3,18,20-21,26-27,29-32,34-36H2,2,4-16H3,(H,63,75)(H,64,74)(H,65,76)(H,66,80)(H,67,79)(H,82,83)/t38-,40-,41-,42-,45+,47+/m0/s1. The number of aromatic nitrogens is 1. The normalized spacial score (nSPS) is 15.0. The van der Waals surface area contributed by atoms with Gasteiger partial charge in [-0.05, 0) is 89.6 Å². The fraction of sp³-hybridized carbons (Fsp3) is 0.581. The number of hydrogen-bond donors (Lipinski definition) is 7. The molecule has 0 bridgehead atoms. The predicted octanol–water partition coefficient (Wildman–Crippen LogP) is 4.83. The van der Waals surface area contributed by atoms with E-state index in [9.17, 15) is 58.2 Å². The molecule has 0 saturated heterocycles. The van der Waals surface area contributed by atoms with Crippen molar-refractivity contribution < 1.29 is 67.6 Å². The molecule has 478 valence electrons. The number of aliphatic imine (C=N–C) groups is 1. The molecule has 0 saturated carbocycles. The molecule has 6 atom stereocenters. The molecule has 1 aromatic carbocycles. The second-order valence-corrected chi connectivity index (χ2v) is 25.3. The SMILES string of the molecule is C#C[C@@H](CC)C(=NC(=O)C(C)(C)N(C)C)C(=O)N(C)[C@H](C[C@@H](OC)c1nc(C(=O)N[C@@H](Cc2ccc(O)c(NC(=O)[C@H](C)NC(=O)CNC(=O)CC(C)(C)COCC(C)(C)CNC(=O)CCCN3C(=O)C=CC3=O)c2)C[C@H](C=C)C(=O)O)cs1)C(C)C. The summed E-state index contributed by atoms with van der Waals surface area (Å²) in [7, 11) is 6.58. The first-order valence-electron chi connectivity index (χ1n) is 28.9. The van der Waals surface area contributed by atoms with Crippen molar-refractivity contribution in [2.45, 2.75) is 144 Å². The van der Waals surface area contributed by atoms with Crippen LogP contribution < -0.4 is 26.6 Å². The van der Waals surface area contributed by atoms with Crippen LogP contribution in [0.2, 0.25) is 0 Å². The number of terminal acetylenes is 1. The van der Waals surface area contributed by atoms with Gasteiger partial charge in [-0.2, -0.15) is 0 Å². The van der Waals surface area contributed by atoms with Gasteiger partial charge in [-0.25, -0.2) is 9.98 Å². The summed E-state index contributed by atoms with van der Waals surface area (Å²) in [6, 6.07) is 1.83. The summed E-state index contributed by atoms with van der Waals surface area (Å²) in [6.07, 6.45) is 9.76. The number of hydrogen-bond acceptors (Lipinski definition) is 16. The number of carboxylic acid groups (broad SMARTS) is 1. The van der Waals surface area contributed by atoms with E-state index in [4.69, 9.17) is 15.9 Å². The number of carbonyl (C=O) groups is 10. The monoisotopic (exact) mass is 1230 g/mol. The van der Waals surface area contributed by atoms with Crippen LogP contribution in [0.5, 0.6) is 5.75 Å². The summed E-state index contributed by atoms with van der Waals surface area (Å²) in [5.41, 5.74) is -1.74. The first-order valence-corrected chi connectivity index (χ1v) is 29.7. The summed E-state index contributed by atoms with van der Waals surface area (Å²) in [6.45, 7) is 22.0. The third-order valence-electron chi connectivity index (χ3n) is 14.9. The lowest BCUT2D eigenvalue weighted by atomic mass is 9.89. The Morgan fingerprint density at radius 1 is 0.920 bits per heavy atom. The lowest BCUT2D eigenvalue weighted by Crippen LogP contribution is -2.48. The Bertz CT molecular complexity index is 2910. The lowest BCUT2D eigenvalue weighted by Gasteiger charge is -2.34. The van der Waals surface area contributed by atoms with Crippen molar-refractivity contribution in [1.82, 2.24) is 41.0 Å². The van der Waals surface area contributed by atoms with Crippen molar-refractivity contribution in [2.75, 3.05) is 66.4 Å². The van der Waals surface area contributed by atoms with Crippen molar-refractivity contribution in [3.8, 4) is 18.1 Å². The van der Waals surface area contributed by atoms with Gasteiger partial charge < -0.3 is 51.2 Å². The number of carbonyl (C=O) groups excluding carboxylic acids is 9. The number of phenolic OH excluding ortho intramolecular Hbond substituents is 1. The summed E-state index contributed by atoms with van der Waals surface area (Å²) in [4.78, 5) is 142. The Morgan fingerprint density at radius 3 is 2.14 bits per heavy atom. The molecule has 0 radical (unpaired) electrons. The average Bonchev–Trinajstić information content (AvgIpc) is 3.86. The number of thiazole rings is 1. The van der Waals surface area contributed by atoms with Gasteiger partial charge in [-0.1, -0.05) is 66.5 Å². The summed E-state index contributed by atoms with van der Waals surface area (Å²) in [5.74, 6) is -5.36. The number of nitrogens with one attached hydrogen (secondary N) is 5. The number of carboxylic acids is 1. The fourth-order valence-electron chi connectivity index (χ4n) is 8.98. The minimum Gasteiger partial charge on any atom is -0.506 e. The topological polar surface area (TPSA) is 325 Å². The summed E-state index contributed by atoms with van der Waals surface area (Å²) in [5, 5.41) is 36.2. The minimum absolute atomic E-state index is 0.00509. The van der Waals surface area contributed by atoms with Gasteiger partial charge in [0.25, 0.3) is 29.5 Å². The van der Waals surface area contributed by atoms with E-state index < -0.39 is 112 Å². The van der Waals surface area contributed by atoms with E-state index >= 15 is 0 Å². The highest BCUT2D eigenvalue weighted by atomic mass is 32.1. The number of methoxy groups -OCH3 is 1. The largest absolute Gasteiger partial charge is 0.506 e. The molecule has 0 aliphatic carbocycles. The van der Waals surface area contributed by atoms with Gasteiger partial charge in [0.05, 0.1) is 42.8 Å². The van der Waals surface area contributed by atoms with Gasteiger partial charge in [0, 0.05) is 81.5 Å². The van der Waals surface area contributed by atoms with Crippen LogP contribution >= 0.6 is 11.3 Å². The van der Waals surface area contributed by atoms with Crippen molar-refractivity contribution >= 4 is 81.9 Å². The molecular weight excluding hydrogens is 1140 g/mol. The molecule has 2 heterocycles. The number of nitrogens with zero attached hydrogens (tertiary/aromatic N) is 5. The van der Waals surface area contributed by atoms with Gasteiger partial charge in [-0.3, -0.25) is 57.7 Å². The van der Waals surface area contributed by atoms with E-state index in [2.05, 4.69) is 49.1 Å². The van der Waals surface area contributed by atoms with E-state index in [0.717, 1.165) is 16.2 Å². The zero-order valence-electron chi connectivity index (χ0n) is 52.8. The van der Waals surface area contributed by atoms with Crippen LogP contribution in [-0.2, 0) is 59.0 Å². The molecule has 24 nitrogen and oxygen atoms in total. The molecule has 9 amide bonds. The Kier molecular flexibility index (Phi) is 28.3. The maximum atomic E-state index is 14.3. The van der Waals surface area contributed by atoms with Gasteiger partial charge in [0.2, 0.25) is 23.6 Å². The number of imide groups is 1. The molecule has 7 N–H and O–H groups in total. The highest BCUT2D eigenvalue weighted by Gasteiger charge is 2.37. The van der Waals surface area contributed by atoms with Gasteiger partial charge in [0.1, 0.15) is 34.3 Å². The number of phenols is 1. The van der Waals surface area contributed by atoms with E-state index in [1.165, 1.54) is 60.7 Å². The van der Waals surface area contributed by atoms with Crippen molar-refractivity contribution in [2.24, 2.45) is 33.6 Å². The van der Waals surface area contributed by atoms with Crippen LogP contribution in [-0.4, -0.2) is 180 Å². The Morgan fingerprint density at radius 2 is 1.56 bits per heavy atom. The molecule has 2 aromatic rings. The van der Waals surface area contributed by atoms with Crippen LogP contribution in [0, 0.1) is 40.9 Å². The molecule has 1 aliphatic heterocycles. The van der Waals surface area contributed by atoms with Gasteiger partial charge in [0.15, 0.2) is 0 Å². The summed E-state index contributed by atoms with van der Waals surface area (Å²) < 4.78 is 11.9. The Labute approximate surface area is 515 Å². The molecule has 1 aromatic heterocycles. The van der Waals surface area contributed by atoms with Crippen molar-refractivity contribution in [1.29, 1.82) is 0 Å². The maximum absolute atomic E-state index is 14.3. The van der Waals surface area contributed by atoms with Crippen LogP contribution in [0.3, 0.4) is 0 Å². The number of aliphatic carboxylic acids is 1. The smallest absolute Gasteiger partial charge is 0.310 e. The number of benzene rings is 1. The number of anilines is 1. The van der Waals surface area contributed by atoms with Crippen LogP contribution in [0.25, 0.3) is 0 Å². The predicted molar refractivity (Wildman–Crippen MR) is 330 cm³/mol. The van der Waals surface area contributed by atoms with E-state index in [1.807, 2.05) is 48.5 Å². The van der Waals surface area contributed by atoms with Crippen LogP contribution in [0.4, 0.5) is 5.69 Å². The third-order valence-corrected chi connectivity index (χ3v) is 15.9. The second kappa shape index (κ2) is 33.5. The zero-order valence-corrected chi connectivity index (χ0v) is 53.6. The van der Waals surface area contributed by atoms with E-state index in [-0.39, 0.29) is 86.5 Å². The Balaban J connectivity index is 1.62. The van der Waals surface area contributed by atoms with Crippen LogP contribution in [0.1, 0.15) is 135 Å². The minimum atomic E-state index is -1.18. The number of aromatic hydroxyl groups is 1. The number of amides is 9. The number of rotatable bonds is 36. The maximum Gasteiger partial charge on any atom is 0.310 e. The quantitative estimate of drug-likeness (QED) is 0.0158. The molecule has 87 heavy (non-hydrogen) atoms. The molecular formula is C62H90N10O14S. The first kappa shape index (κ1) is 73.6. The first-order chi connectivity index (χ1) is 40.6.